The summed E-state index contributed by atoms with van der Waals surface area (Å²) in [5.41, 5.74) is 0. The lowest BCUT2D eigenvalue weighted by Crippen LogP contribution is -2.05. The second-order valence-corrected chi connectivity index (χ2v) is 8.32. The van der Waals surface area contributed by atoms with Gasteiger partial charge in [-0.2, -0.15) is 0 Å². The molecule has 2 nitrogen and oxygen atoms in total. The van der Waals surface area contributed by atoms with Gasteiger partial charge in [-0.05, 0) is 38.5 Å². The second kappa shape index (κ2) is 24.2. The van der Waals surface area contributed by atoms with Gasteiger partial charge in [0.2, 0.25) is 0 Å². The number of ether oxygens (including phenoxy) is 1. The van der Waals surface area contributed by atoms with Crippen LogP contribution < -0.4 is 0 Å². The number of rotatable bonds is 22. The molecule has 0 unspecified atom stereocenters. The molecule has 0 aliphatic carbocycles. The van der Waals surface area contributed by atoms with Crippen molar-refractivity contribution in [2.24, 2.45) is 0 Å². The maximum absolute atomic E-state index is 11.7. The Hall–Kier alpha value is -0.790. The van der Waals surface area contributed by atoms with Gasteiger partial charge in [0.1, 0.15) is 0 Å². The maximum atomic E-state index is 11.7. The summed E-state index contributed by atoms with van der Waals surface area (Å²) in [6.07, 6.45) is 29.5. The normalized spacial score (nSPS) is 11.4. The van der Waals surface area contributed by atoms with Crippen LogP contribution in [0.2, 0.25) is 0 Å². The topological polar surface area (TPSA) is 26.3 Å². The van der Waals surface area contributed by atoms with Crippen molar-refractivity contribution in [3.05, 3.63) is 12.2 Å². The van der Waals surface area contributed by atoms with Crippen LogP contribution >= 0.6 is 0 Å². The van der Waals surface area contributed by atoms with E-state index in [1.807, 2.05) is 0 Å². The smallest absolute Gasteiger partial charge is 0.305 e. The Morgan fingerprint density at radius 2 is 1.00 bits per heavy atom. The summed E-state index contributed by atoms with van der Waals surface area (Å²) in [6.45, 7) is 5.12. The number of hydrogen-bond acceptors (Lipinski definition) is 2. The molecule has 2 heteroatoms. The Morgan fingerprint density at radius 3 is 1.57 bits per heavy atom. The van der Waals surface area contributed by atoms with Gasteiger partial charge in [-0.25, -0.2) is 0 Å². The number of esters is 1. The number of allylic oxidation sites excluding steroid dienone is 2. The van der Waals surface area contributed by atoms with Crippen molar-refractivity contribution in [1.29, 1.82) is 0 Å². The van der Waals surface area contributed by atoms with E-state index in [4.69, 9.17) is 4.74 Å². The molecule has 0 heterocycles. The van der Waals surface area contributed by atoms with Crippen molar-refractivity contribution in [1.82, 2.24) is 0 Å². The molecule has 0 radical (unpaired) electrons. The fraction of sp³-hybridized carbons (Fsp3) is 0.885. The zero-order chi connectivity index (χ0) is 20.5. The first-order valence-electron chi connectivity index (χ1n) is 12.6. The monoisotopic (exact) mass is 394 g/mol. The highest BCUT2D eigenvalue weighted by atomic mass is 16.5. The van der Waals surface area contributed by atoms with Gasteiger partial charge in [0.25, 0.3) is 0 Å². The van der Waals surface area contributed by atoms with Crippen molar-refractivity contribution in [2.75, 3.05) is 6.61 Å². The Labute approximate surface area is 176 Å². The van der Waals surface area contributed by atoms with Crippen LogP contribution in [0.5, 0.6) is 0 Å². The van der Waals surface area contributed by atoms with Crippen LogP contribution in [0.3, 0.4) is 0 Å². The number of carbonyl (C=O) groups is 1. The highest BCUT2D eigenvalue weighted by Gasteiger charge is 2.02. The predicted molar refractivity (Wildman–Crippen MR) is 124 cm³/mol. The van der Waals surface area contributed by atoms with Gasteiger partial charge < -0.3 is 4.74 Å². The van der Waals surface area contributed by atoms with Crippen molar-refractivity contribution in [2.45, 2.75) is 142 Å². The number of carbonyl (C=O) groups excluding carboxylic acids is 1. The van der Waals surface area contributed by atoms with Gasteiger partial charge in [-0.3, -0.25) is 4.79 Å². The van der Waals surface area contributed by atoms with E-state index in [-0.39, 0.29) is 5.97 Å². The average molecular weight is 395 g/mol. The van der Waals surface area contributed by atoms with Gasteiger partial charge in [0, 0.05) is 6.42 Å². The number of hydrogen-bond donors (Lipinski definition) is 0. The molecule has 0 aliphatic rings. The third-order valence-corrected chi connectivity index (χ3v) is 5.40. The van der Waals surface area contributed by atoms with Gasteiger partial charge in [-0.1, -0.05) is 109 Å². The first-order chi connectivity index (χ1) is 13.8. The van der Waals surface area contributed by atoms with Crippen LogP contribution in [0.1, 0.15) is 142 Å². The van der Waals surface area contributed by atoms with Gasteiger partial charge in [0.05, 0.1) is 6.61 Å². The lowest BCUT2D eigenvalue weighted by Gasteiger charge is -2.05. The maximum Gasteiger partial charge on any atom is 0.305 e. The molecule has 0 N–H and O–H groups in total. The van der Waals surface area contributed by atoms with E-state index in [2.05, 4.69) is 26.0 Å². The summed E-state index contributed by atoms with van der Waals surface area (Å²) in [5.74, 6) is 0.00930. The summed E-state index contributed by atoms with van der Waals surface area (Å²) >= 11 is 0. The molecule has 0 amide bonds. The van der Waals surface area contributed by atoms with Crippen molar-refractivity contribution >= 4 is 5.97 Å². The number of unbranched alkanes of at least 4 members (excludes halogenated alkanes) is 16. The predicted octanol–water partition coefficient (Wildman–Crippen LogP) is 8.93. The molecule has 166 valence electrons. The lowest BCUT2D eigenvalue weighted by molar-refractivity contribution is -0.143. The molecule has 0 fully saturated rings. The van der Waals surface area contributed by atoms with E-state index >= 15 is 0 Å². The van der Waals surface area contributed by atoms with Gasteiger partial charge in [-0.15, -0.1) is 0 Å². The summed E-state index contributed by atoms with van der Waals surface area (Å²) in [7, 11) is 0. The van der Waals surface area contributed by atoms with Crippen LogP contribution in [0.25, 0.3) is 0 Å². The van der Waals surface area contributed by atoms with E-state index in [0.717, 1.165) is 12.8 Å². The highest BCUT2D eigenvalue weighted by Crippen LogP contribution is 2.11. The standard InChI is InChI=1S/C26H50O2/c1-3-5-7-9-11-12-13-14-15-16-17-18-19-20-22-24-26(27)28-25-23-21-10-8-6-4-2/h12-13H,3-11,14-25H2,1-2H3. The second-order valence-electron chi connectivity index (χ2n) is 8.32. The van der Waals surface area contributed by atoms with Crippen LogP contribution in [-0.2, 0) is 9.53 Å². The molecule has 0 aromatic rings. The van der Waals surface area contributed by atoms with Crippen LogP contribution in [0, 0.1) is 0 Å². The minimum absolute atomic E-state index is 0.00930. The van der Waals surface area contributed by atoms with E-state index in [1.165, 1.54) is 109 Å². The summed E-state index contributed by atoms with van der Waals surface area (Å²) in [6, 6.07) is 0. The molecular weight excluding hydrogens is 344 g/mol. The third kappa shape index (κ3) is 23.2. The molecule has 0 saturated carbocycles. The molecule has 0 aromatic carbocycles. The van der Waals surface area contributed by atoms with Gasteiger partial charge in [0.15, 0.2) is 0 Å². The molecule has 0 rings (SSSR count). The molecular formula is C26H50O2. The Bertz CT molecular complexity index is 335. The fourth-order valence-electron chi connectivity index (χ4n) is 3.48. The van der Waals surface area contributed by atoms with Gasteiger partial charge >= 0.3 is 5.97 Å². The Kier molecular flexibility index (Phi) is 23.6. The van der Waals surface area contributed by atoms with E-state index in [1.54, 1.807) is 0 Å². The Balaban J connectivity index is 3.18. The Morgan fingerprint density at radius 1 is 0.571 bits per heavy atom. The van der Waals surface area contributed by atoms with Crippen LogP contribution in [-0.4, -0.2) is 12.6 Å². The fourth-order valence-corrected chi connectivity index (χ4v) is 3.48. The largest absolute Gasteiger partial charge is 0.466 e. The van der Waals surface area contributed by atoms with Crippen molar-refractivity contribution < 1.29 is 9.53 Å². The molecule has 0 aromatic heterocycles. The molecule has 0 bridgehead atoms. The SMILES string of the molecule is CCCCCCC=CCCCCCCCCCC(=O)OCCCCCCCC. The molecule has 0 saturated heterocycles. The minimum atomic E-state index is 0.00930. The van der Waals surface area contributed by atoms with E-state index in [0.29, 0.717) is 13.0 Å². The summed E-state index contributed by atoms with van der Waals surface area (Å²) < 4.78 is 5.32. The minimum Gasteiger partial charge on any atom is -0.466 e. The molecule has 0 aliphatic heterocycles. The first-order valence-corrected chi connectivity index (χ1v) is 12.6. The molecule has 0 atom stereocenters. The van der Waals surface area contributed by atoms with Crippen LogP contribution in [0.4, 0.5) is 0 Å². The lowest BCUT2D eigenvalue weighted by atomic mass is 10.1. The zero-order valence-corrected chi connectivity index (χ0v) is 19.3. The quantitative estimate of drug-likeness (QED) is 0.104. The van der Waals surface area contributed by atoms with Crippen molar-refractivity contribution in [3.8, 4) is 0 Å². The average Bonchev–Trinajstić information content (AvgIpc) is 2.70. The van der Waals surface area contributed by atoms with E-state index < -0.39 is 0 Å². The zero-order valence-electron chi connectivity index (χ0n) is 19.3. The third-order valence-electron chi connectivity index (χ3n) is 5.40. The summed E-state index contributed by atoms with van der Waals surface area (Å²) in [5, 5.41) is 0. The van der Waals surface area contributed by atoms with Crippen molar-refractivity contribution in [3.63, 3.8) is 0 Å². The van der Waals surface area contributed by atoms with E-state index in [9.17, 15) is 4.79 Å². The first kappa shape index (κ1) is 27.2. The molecule has 28 heavy (non-hydrogen) atoms. The molecule has 0 spiro atoms. The summed E-state index contributed by atoms with van der Waals surface area (Å²) in [4.78, 5) is 11.7. The van der Waals surface area contributed by atoms with Crippen LogP contribution in [0.15, 0.2) is 12.2 Å². The highest BCUT2D eigenvalue weighted by molar-refractivity contribution is 5.69.